The molecule has 1 amide bonds. The molecule has 0 aromatic heterocycles. The SMILES string of the molecule is CCc1ccc(C2(C)CC(=O)N2S(=O)(=O)Cl)cc1. The molecule has 1 saturated heterocycles. The third-order valence-corrected chi connectivity index (χ3v) is 4.83. The number of β-lactam (4-membered cyclic amide) rings is 1. The monoisotopic (exact) mass is 287 g/mol. The summed E-state index contributed by atoms with van der Waals surface area (Å²) in [6, 6.07) is 7.56. The molecule has 0 saturated carbocycles. The summed E-state index contributed by atoms with van der Waals surface area (Å²) in [6.07, 6.45) is 1.07. The fourth-order valence-corrected chi connectivity index (χ4v) is 3.95. The Labute approximate surface area is 111 Å². The van der Waals surface area contributed by atoms with Gasteiger partial charge < -0.3 is 0 Å². The van der Waals surface area contributed by atoms with Crippen molar-refractivity contribution in [1.82, 2.24) is 4.31 Å². The molecule has 1 aliphatic heterocycles. The number of aryl methyl sites for hydroxylation is 1. The second-order valence-electron chi connectivity index (χ2n) is 4.60. The van der Waals surface area contributed by atoms with Crippen molar-refractivity contribution in [3.8, 4) is 0 Å². The largest absolute Gasteiger partial charge is 0.324 e. The molecular weight excluding hydrogens is 274 g/mol. The second-order valence-corrected chi connectivity index (χ2v) is 6.96. The molecule has 0 bridgehead atoms. The highest BCUT2D eigenvalue weighted by Gasteiger charge is 2.54. The van der Waals surface area contributed by atoms with Gasteiger partial charge in [-0.25, -0.2) is 4.31 Å². The van der Waals surface area contributed by atoms with Crippen molar-refractivity contribution in [1.29, 1.82) is 0 Å². The lowest BCUT2D eigenvalue weighted by Crippen LogP contribution is -2.60. The third kappa shape index (κ3) is 2.01. The van der Waals surface area contributed by atoms with Crippen LogP contribution in [-0.2, 0) is 26.0 Å². The average Bonchev–Trinajstić information content (AvgIpc) is 2.25. The number of amides is 1. The van der Waals surface area contributed by atoms with Gasteiger partial charge in [0.2, 0.25) is 5.91 Å². The molecule has 1 unspecified atom stereocenters. The van der Waals surface area contributed by atoms with Crippen molar-refractivity contribution < 1.29 is 13.2 Å². The Balaban J connectivity index is 2.40. The molecule has 1 atom stereocenters. The first-order chi connectivity index (χ1) is 8.29. The van der Waals surface area contributed by atoms with Crippen LogP contribution in [0.1, 0.15) is 31.4 Å². The van der Waals surface area contributed by atoms with Crippen LogP contribution in [0.5, 0.6) is 0 Å². The lowest BCUT2D eigenvalue weighted by Gasteiger charge is -2.47. The van der Waals surface area contributed by atoms with Crippen LogP contribution in [0.3, 0.4) is 0 Å². The van der Waals surface area contributed by atoms with Crippen molar-refractivity contribution in [2.45, 2.75) is 32.2 Å². The topological polar surface area (TPSA) is 54.5 Å². The fraction of sp³-hybridized carbons (Fsp3) is 0.417. The van der Waals surface area contributed by atoms with Gasteiger partial charge in [-0.1, -0.05) is 31.2 Å². The quantitative estimate of drug-likeness (QED) is 0.632. The van der Waals surface area contributed by atoms with Crippen LogP contribution in [-0.4, -0.2) is 18.6 Å². The summed E-state index contributed by atoms with van der Waals surface area (Å²) in [6.45, 7) is 3.74. The van der Waals surface area contributed by atoms with Crippen molar-refractivity contribution in [2.75, 3.05) is 0 Å². The Morgan fingerprint density at radius 3 is 2.28 bits per heavy atom. The Hall–Kier alpha value is -1.07. The van der Waals surface area contributed by atoms with Gasteiger partial charge in [0.05, 0.1) is 12.0 Å². The standard InChI is InChI=1S/C12H14ClNO3S/c1-3-9-4-6-10(7-5-9)12(2)8-11(15)14(12)18(13,16)17/h4-7H,3,8H2,1-2H3. The predicted octanol–water partition coefficient (Wildman–Crippen LogP) is 2.18. The Kier molecular flexibility index (Phi) is 3.15. The Morgan fingerprint density at radius 1 is 1.33 bits per heavy atom. The summed E-state index contributed by atoms with van der Waals surface area (Å²) >= 11 is 0. The summed E-state index contributed by atoms with van der Waals surface area (Å²) < 4.78 is 23.6. The molecule has 1 fully saturated rings. The Bertz CT molecular complexity index is 582. The van der Waals surface area contributed by atoms with Gasteiger partial charge in [-0.2, -0.15) is 8.42 Å². The number of hydrogen-bond acceptors (Lipinski definition) is 3. The van der Waals surface area contributed by atoms with Gasteiger partial charge in [0.15, 0.2) is 0 Å². The van der Waals surface area contributed by atoms with E-state index in [1.807, 2.05) is 31.2 Å². The zero-order chi connectivity index (χ0) is 13.6. The molecule has 18 heavy (non-hydrogen) atoms. The first-order valence-corrected chi connectivity index (χ1v) is 7.93. The zero-order valence-electron chi connectivity index (χ0n) is 10.2. The number of hydrogen-bond donors (Lipinski definition) is 0. The van der Waals surface area contributed by atoms with Crippen molar-refractivity contribution in [2.24, 2.45) is 0 Å². The third-order valence-electron chi connectivity index (χ3n) is 3.37. The van der Waals surface area contributed by atoms with Crippen LogP contribution in [0.15, 0.2) is 24.3 Å². The average molecular weight is 288 g/mol. The van der Waals surface area contributed by atoms with Crippen LogP contribution in [0, 0.1) is 0 Å². The minimum Gasteiger partial charge on any atom is -0.274 e. The molecule has 4 nitrogen and oxygen atoms in total. The predicted molar refractivity (Wildman–Crippen MR) is 69.4 cm³/mol. The van der Waals surface area contributed by atoms with Crippen molar-refractivity contribution in [3.63, 3.8) is 0 Å². The summed E-state index contributed by atoms with van der Waals surface area (Å²) in [4.78, 5) is 11.5. The van der Waals surface area contributed by atoms with Crippen LogP contribution in [0.25, 0.3) is 0 Å². The van der Waals surface area contributed by atoms with Crippen LogP contribution >= 0.6 is 10.7 Å². The first kappa shape index (κ1) is 13.4. The number of rotatable bonds is 3. The normalized spacial score (nSPS) is 23.9. The van der Waals surface area contributed by atoms with E-state index in [4.69, 9.17) is 10.7 Å². The zero-order valence-corrected chi connectivity index (χ0v) is 11.8. The van der Waals surface area contributed by atoms with E-state index in [2.05, 4.69) is 0 Å². The lowest BCUT2D eigenvalue weighted by molar-refractivity contribution is -0.144. The smallest absolute Gasteiger partial charge is 0.274 e. The number of carbonyl (C=O) groups excluding carboxylic acids is 1. The molecule has 1 aromatic carbocycles. The van der Waals surface area contributed by atoms with E-state index in [1.165, 1.54) is 0 Å². The number of halogens is 1. The summed E-state index contributed by atoms with van der Waals surface area (Å²) in [5, 5.41) is 0. The summed E-state index contributed by atoms with van der Waals surface area (Å²) in [7, 11) is 1.27. The molecular formula is C12H14ClNO3S. The minimum atomic E-state index is -4.03. The molecule has 98 valence electrons. The van der Waals surface area contributed by atoms with Crippen molar-refractivity contribution >= 4 is 25.8 Å². The highest BCUT2D eigenvalue weighted by Crippen LogP contribution is 2.44. The number of carbonyl (C=O) groups is 1. The molecule has 6 heteroatoms. The molecule has 1 aromatic rings. The first-order valence-electron chi connectivity index (χ1n) is 5.66. The maximum atomic E-state index is 11.5. The van der Waals surface area contributed by atoms with Gasteiger partial charge >= 0.3 is 9.24 Å². The summed E-state index contributed by atoms with van der Waals surface area (Å²) in [5.74, 6) is -0.466. The fourth-order valence-electron chi connectivity index (χ4n) is 2.30. The molecule has 0 spiro atoms. The molecule has 0 N–H and O–H groups in total. The van der Waals surface area contributed by atoms with Crippen LogP contribution in [0.4, 0.5) is 0 Å². The molecule has 2 rings (SSSR count). The van der Waals surface area contributed by atoms with Gasteiger partial charge in [0.1, 0.15) is 0 Å². The van der Waals surface area contributed by atoms with Gasteiger partial charge in [-0.15, -0.1) is 0 Å². The van der Waals surface area contributed by atoms with Gasteiger partial charge in [0.25, 0.3) is 0 Å². The highest BCUT2D eigenvalue weighted by molar-refractivity contribution is 8.12. The lowest BCUT2D eigenvalue weighted by atomic mass is 9.82. The number of benzene rings is 1. The van der Waals surface area contributed by atoms with Gasteiger partial charge in [-0.3, -0.25) is 4.79 Å². The van der Waals surface area contributed by atoms with E-state index in [-0.39, 0.29) is 6.42 Å². The maximum absolute atomic E-state index is 11.5. The van der Waals surface area contributed by atoms with E-state index < -0.39 is 20.7 Å². The van der Waals surface area contributed by atoms with Crippen molar-refractivity contribution in [3.05, 3.63) is 35.4 Å². The molecule has 0 aliphatic carbocycles. The van der Waals surface area contributed by atoms with E-state index in [9.17, 15) is 13.2 Å². The van der Waals surface area contributed by atoms with Crippen LogP contribution < -0.4 is 0 Å². The van der Waals surface area contributed by atoms with Gasteiger partial charge in [-0.05, 0) is 24.5 Å². The van der Waals surface area contributed by atoms with Crippen LogP contribution in [0.2, 0.25) is 0 Å². The van der Waals surface area contributed by atoms with E-state index in [0.717, 1.165) is 21.9 Å². The van der Waals surface area contributed by atoms with E-state index in [1.54, 1.807) is 6.92 Å². The molecule has 0 radical (unpaired) electrons. The molecule has 1 heterocycles. The van der Waals surface area contributed by atoms with E-state index in [0.29, 0.717) is 0 Å². The van der Waals surface area contributed by atoms with E-state index >= 15 is 0 Å². The Morgan fingerprint density at radius 2 is 1.89 bits per heavy atom. The highest BCUT2D eigenvalue weighted by atomic mass is 35.7. The maximum Gasteiger partial charge on any atom is 0.324 e. The second kappa shape index (κ2) is 4.24. The minimum absolute atomic E-state index is 0.157. The van der Waals surface area contributed by atoms with Gasteiger partial charge in [0, 0.05) is 10.7 Å². The summed E-state index contributed by atoms with van der Waals surface area (Å²) in [5.41, 5.74) is 1.08. The number of nitrogens with zero attached hydrogens (tertiary/aromatic N) is 1. The molecule has 1 aliphatic rings.